The van der Waals surface area contributed by atoms with Crippen LogP contribution in [-0.4, -0.2) is 75.0 Å². The second-order valence-corrected chi connectivity index (χ2v) is 4.58. The molecular weight excluding hydrogens is 204 g/mol. The predicted molar refractivity (Wildman–Crippen MR) is 55.1 cm³/mol. The van der Waals surface area contributed by atoms with Gasteiger partial charge in [0.2, 0.25) is 0 Å². The molecule has 6 heteroatoms. The third-order valence-corrected chi connectivity index (χ3v) is 3.05. The Labute approximate surface area is 86.3 Å². The van der Waals surface area contributed by atoms with Crippen molar-refractivity contribution in [2.24, 2.45) is 0 Å². The fourth-order valence-electron chi connectivity index (χ4n) is 1.60. The van der Waals surface area contributed by atoms with Crippen LogP contribution in [0.2, 0.25) is 0 Å². The molecule has 1 aliphatic heterocycles. The van der Waals surface area contributed by atoms with E-state index in [0.717, 1.165) is 32.7 Å². The lowest BCUT2D eigenvalue weighted by Gasteiger charge is -2.33. The van der Waals surface area contributed by atoms with Gasteiger partial charge in [-0.3, -0.25) is 9.80 Å². The first kappa shape index (κ1) is 11.9. The number of rotatable bonds is 5. The molecule has 0 radical (unpaired) electrons. The molecule has 0 bridgehead atoms. The molecule has 0 amide bonds. The van der Waals surface area contributed by atoms with Crippen LogP contribution in [0, 0.1) is 0 Å². The molecule has 0 aromatic rings. The highest BCUT2D eigenvalue weighted by atomic mass is 32.2. The third-order valence-electron chi connectivity index (χ3n) is 2.48. The van der Waals surface area contributed by atoms with Gasteiger partial charge >= 0.3 is 0 Å². The van der Waals surface area contributed by atoms with Gasteiger partial charge in [-0.2, -0.15) is 0 Å². The largest absolute Gasteiger partial charge is 0.395 e. The van der Waals surface area contributed by atoms with Crippen molar-refractivity contribution in [1.29, 1.82) is 0 Å². The lowest BCUT2D eigenvalue weighted by Crippen LogP contribution is -2.47. The molecular formula is C8H18N2O3S. The van der Waals surface area contributed by atoms with Crippen molar-refractivity contribution in [2.45, 2.75) is 0 Å². The maximum atomic E-state index is 10.4. The van der Waals surface area contributed by atoms with Crippen molar-refractivity contribution in [1.82, 2.24) is 9.80 Å². The van der Waals surface area contributed by atoms with Crippen LogP contribution in [0.3, 0.4) is 0 Å². The Balaban J connectivity index is 2.15. The Bertz CT molecular complexity index is 217. The minimum absolute atomic E-state index is 0.201. The molecule has 1 heterocycles. The van der Waals surface area contributed by atoms with Gasteiger partial charge in [-0.15, -0.1) is 0 Å². The monoisotopic (exact) mass is 222 g/mol. The van der Waals surface area contributed by atoms with E-state index in [1.54, 1.807) is 0 Å². The second kappa shape index (κ2) is 6.34. The molecule has 0 aromatic carbocycles. The van der Waals surface area contributed by atoms with E-state index in [9.17, 15) is 8.42 Å². The molecule has 0 saturated carbocycles. The molecule has 0 spiro atoms. The minimum atomic E-state index is -2.24. The van der Waals surface area contributed by atoms with E-state index in [0.29, 0.717) is 6.54 Å². The number of hydrogen-bond acceptors (Lipinski definition) is 5. The summed E-state index contributed by atoms with van der Waals surface area (Å²) < 4.78 is 20.8. The van der Waals surface area contributed by atoms with E-state index in [4.69, 9.17) is 5.11 Å². The first-order valence-corrected chi connectivity index (χ1v) is 6.26. The molecule has 84 valence electrons. The molecule has 1 rings (SSSR count). The number of aliphatic hydroxyl groups excluding tert-OH is 1. The summed E-state index contributed by atoms with van der Waals surface area (Å²) in [6.45, 7) is 5.24. The zero-order valence-corrected chi connectivity index (χ0v) is 9.16. The van der Waals surface area contributed by atoms with Crippen LogP contribution >= 0.6 is 0 Å². The number of thiol groups is 1. The highest BCUT2D eigenvalue weighted by Crippen LogP contribution is 2.00. The average Bonchev–Trinajstić information content (AvgIpc) is 2.17. The first-order chi connectivity index (χ1) is 6.72. The molecule has 0 atom stereocenters. The molecule has 14 heavy (non-hydrogen) atoms. The van der Waals surface area contributed by atoms with Crippen molar-refractivity contribution in [3.05, 3.63) is 0 Å². The van der Waals surface area contributed by atoms with E-state index < -0.39 is 10.7 Å². The molecule has 1 saturated heterocycles. The van der Waals surface area contributed by atoms with Crippen molar-refractivity contribution in [3.8, 4) is 0 Å². The van der Waals surface area contributed by atoms with Gasteiger partial charge in [0.05, 0.1) is 12.4 Å². The molecule has 5 nitrogen and oxygen atoms in total. The van der Waals surface area contributed by atoms with Crippen molar-refractivity contribution in [3.63, 3.8) is 0 Å². The number of aliphatic hydroxyl groups is 1. The van der Waals surface area contributed by atoms with Crippen LogP contribution in [0.4, 0.5) is 0 Å². The summed E-state index contributed by atoms with van der Waals surface area (Å²) in [5.41, 5.74) is 0. The summed E-state index contributed by atoms with van der Waals surface area (Å²) in [5, 5.41) is 8.73. The maximum Gasteiger partial charge on any atom is 0.141 e. The Hall–Kier alpha value is -0.170. The van der Waals surface area contributed by atoms with Crippen LogP contribution in [0.1, 0.15) is 0 Å². The van der Waals surface area contributed by atoms with Gasteiger partial charge in [0.1, 0.15) is 10.7 Å². The molecule has 1 fully saturated rings. The Kier molecular flexibility index (Phi) is 5.39. The first-order valence-electron chi connectivity index (χ1n) is 4.89. The van der Waals surface area contributed by atoms with Gasteiger partial charge < -0.3 is 5.11 Å². The van der Waals surface area contributed by atoms with Crippen LogP contribution < -0.4 is 0 Å². The zero-order chi connectivity index (χ0) is 10.4. The topological polar surface area (TPSA) is 60.9 Å². The van der Waals surface area contributed by atoms with Crippen LogP contribution in [0.5, 0.6) is 0 Å². The summed E-state index contributed by atoms with van der Waals surface area (Å²) in [5.74, 6) is 0.259. The van der Waals surface area contributed by atoms with Crippen LogP contribution in [0.25, 0.3) is 0 Å². The molecule has 0 aliphatic carbocycles. The standard InChI is InChI=1S/C8H18N2O3S/c11-7-5-9-1-3-10(4-2-9)6-8-14(12)13/h11,14H,1-8H2. The van der Waals surface area contributed by atoms with Gasteiger partial charge in [0.15, 0.2) is 0 Å². The van der Waals surface area contributed by atoms with Gasteiger partial charge in [0.25, 0.3) is 0 Å². The van der Waals surface area contributed by atoms with Gasteiger partial charge in [-0.1, -0.05) is 0 Å². The lowest BCUT2D eigenvalue weighted by molar-refractivity contribution is 0.117. The average molecular weight is 222 g/mol. The normalized spacial score (nSPS) is 20.4. The Morgan fingerprint density at radius 1 is 1.00 bits per heavy atom. The van der Waals surface area contributed by atoms with E-state index in [2.05, 4.69) is 9.80 Å². The fourth-order valence-corrected chi connectivity index (χ4v) is 2.05. The molecule has 0 aromatic heterocycles. The number of nitrogens with zero attached hydrogens (tertiary/aromatic N) is 2. The van der Waals surface area contributed by atoms with E-state index >= 15 is 0 Å². The molecule has 1 N–H and O–H groups in total. The number of hydrogen-bond donors (Lipinski definition) is 2. The van der Waals surface area contributed by atoms with Crippen molar-refractivity contribution < 1.29 is 13.5 Å². The van der Waals surface area contributed by atoms with Crippen molar-refractivity contribution in [2.75, 3.05) is 51.6 Å². The second-order valence-electron chi connectivity index (χ2n) is 3.46. The summed E-state index contributed by atoms with van der Waals surface area (Å²) >= 11 is 0. The predicted octanol–water partition coefficient (Wildman–Crippen LogP) is -1.79. The van der Waals surface area contributed by atoms with Gasteiger partial charge in [-0.05, 0) is 0 Å². The van der Waals surface area contributed by atoms with E-state index in [-0.39, 0.29) is 12.4 Å². The molecule has 0 unspecified atom stereocenters. The van der Waals surface area contributed by atoms with Gasteiger partial charge in [0, 0.05) is 39.3 Å². The maximum absolute atomic E-state index is 10.4. The Morgan fingerprint density at radius 2 is 1.50 bits per heavy atom. The third kappa shape index (κ3) is 4.36. The zero-order valence-electron chi connectivity index (χ0n) is 8.26. The fraction of sp³-hybridized carbons (Fsp3) is 1.00. The summed E-state index contributed by atoms with van der Waals surface area (Å²) in [6.07, 6.45) is 0. The highest BCUT2D eigenvalue weighted by molar-refractivity contribution is 7.72. The Morgan fingerprint density at radius 3 is 1.93 bits per heavy atom. The van der Waals surface area contributed by atoms with E-state index in [1.807, 2.05) is 0 Å². The van der Waals surface area contributed by atoms with Crippen LogP contribution in [0.15, 0.2) is 0 Å². The summed E-state index contributed by atoms with van der Waals surface area (Å²) in [7, 11) is -2.24. The SMILES string of the molecule is O=[SH](=O)CCN1CCN(CCO)CC1. The smallest absolute Gasteiger partial charge is 0.141 e. The highest BCUT2D eigenvalue weighted by Gasteiger charge is 2.15. The number of piperazine rings is 1. The summed E-state index contributed by atoms with van der Waals surface area (Å²) in [6, 6.07) is 0. The lowest BCUT2D eigenvalue weighted by atomic mass is 10.3. The van der Waals surface area contributed by atoms with Crippen molar-refractivity contribution >= 4 is 10.7 Å². The minimum Gasteiger partial charge on any atom is -0.395 e. The molecule has 1 aliphatic rings. The quantitative estimate of drug-likeness (QED) is 0.538. The number of β-amino-alcohol motifs (C(OH)–C–C–N with tert-alkyl or cyclic N) is 1. The van der Waals surface area contributed by atoms with Crippen LogP contribution in [-0.2, 0) is 10.7 Å². The van der Waals surface area contributed by atoms with Gasteiger partial charge in [-0.25, -0.2) is 8.42 Å². The summed E-state index contributed by atoms with van der Waals surface area (Å²) in [4.78, 5) is 4.34. The van der Waals surface area contributed by atoms with E-state index in [1.165, 1.54) is 0 Å².